The van der Waals surface area contributed by atoms with Crippen molar-refractivity contribution < 1.29 is 14.7 Å². The fourth-order valence-corrected chi connectivity index (χ4v) is 2.45. The third kappa shape index (κ3) is 4.20. The smallest absolute Gasteiger partial charge is 0.317 e. The number of carbonyl (C=O) groups is 2. The molecule has 5 nitrogen and oxygen atoms in total. The zero-order valence-electron chi connectivity index (χ0n) is 11.5. The number of nitrogens with zero attached hydrogens (tertiary/aromatic N) is 1. The van der Waals surface area contributed by atoms with Gasteiger partial charge >= 0.3 is 12.0 Å². The summed E-state index contributed by atoms with van der Waals surface area (Å²) in [5.41, 5.74) is 0. The topological polar surface area (TPSA) is 69.6 Å². The molecule has 1 rings (SSSR count). The van der Waals surface area contributed by atoms with Crippen LogP contribution in [0, 0.1) is 17.8 Å². The Balaban J connectivity index is 2.29. The van der Waals surface area contributed by atoms with Crippen molar-refractivity contribution >= 4 is 12.0 Å². The van der Waals surface area contributed by atoms with Gasteiger partial charge in [-0.1, -0.05) is 26.7 Å². The van der Waals surface area contributed by atoms with Crippen LogP contribution in [0.4, 0.5) is 4.79 Å². The van der Waals surface area contributed by atoms with Crippen molar-refractivity contribution in [1.82, 2.24) is 10.2 Å². The summed E-state index contributed by atoms with van der Waals surface area (Å²) in [4.78, 5) is 23.9. The quantitative estimate of drug-likeness (QED) is 0.787. The molecule has 0 aromatic carbocycles. The minimum Gasteiger partial charge on any atom is -0.481 e. The molecule has 0 radical (unpaired) electrons. The molecule has 3 unspecified atom stereocenters. The maximum absolute atomic E-state index is 11.8. The second-order valence-electron chi connectivity index (χ2n) is 5.47. The lowest BCUT2D eigenvalue weighted by Crippen LogP contribution is -2.42. The molecule has 3 atom stereocenters. The minimum atomic E-state index is -0.876. The second kappa shape index (κ2) is 6.61. The van der Waals surface area contributed by atoms with E-state index in [-0.39, 0.29) is 12.6 Å². The van der Waals surface area contributed by atoms with Gasteiger partial charge in [0.1, 0.15) is 0 Å². The molecule has 18 heavy (non-hydrogen) atoms. The monoisotopic (exact) mass is 256 g/mol. The average Bonchev–Trinajstić information content (AvgIpc) is 2.71. The van der Waals surface area contributed by atoms with Crippen LogP contribution in [0.5, 0.6) is 0 Å². The third-order valence-corrected chi connectivity index (χ3v) is 3.87. The first kappa shape index (κ1) is 14.8. The van der Waals surface area contributed by atoms with Crippen molar-refractivity contribution in [2.45, 2.75) is 33.1 Å². The van der Waals surface area contributed by atoms with Crippen LogP contribution < -0.4 is 5.32 Å². The van der Waals surface area contributed by atoms with E-state index in [0.29, 0.717) is 18.4 Å². The Labute approximate surface area is 109 Å². The van der Waals surface area contributed by atoms with Crippen LogP contribution in [-0.2, 0) is 4.79 Å². The first-order valence-electron chi connectivity index (χ1n) is 6.63. The molecule has 2 N–H and O–H groups in total. The second-order valence-corrected chi connectivity index (χ2v) is 5.47. The van der Waals surface area contributed by atoms with Gasteiger partial charge in [-0.3, -0.25) is 4.79 Å². The number of carboxylic acids is 1. The van der Waals surface area contributed by atoms with E-state index in [1.165, 1.54) is 24.2 Å². The highest BCUT2D eigenvalue weighted by Gasteiger charge is 2.24. The van der Waals surface area contributed by atoms with Crippen molar-refractivity contribution in [3.05, 3.63) is 0 Å². The van der Waals surface area contributed by atoms with Crippen molar-refractivity contribution in [3.8, 4) is 0 Å². The Morgan fingerprint density at radius 2 is 2.11 bits per heavy atom. The van der Waals surface area contributed by atoms with Gasteiger partial charge in [0.05, 0.1) is 5.92 Å². The highest BCUT2D eigenvalue weighted by Crippen LogP contribution is 2.30. The average molecular weight is 256 g/mol. The number of amides is 2. The largest absolute Gasteiger partial charge is 0.481 e. The molecule has 2 amide bonds. The van der Waals surface area contributed by atoms with E-state index in [2.05, 4.69) is 12.2 Å². The van der Waals surface area contributed by atoms with Gasteiger partial charge in [0.15, 0.2) is 0 Å². The first-order chi connectivity index (χ1) is 8.41. The molecule has 1 fully saturated rings. The lowest BCUT2D eigenvalue weighted by Gasteiger charge is -2.22. The van der Waals surface area contributed by atoms with Crippen molar-refractivity contribution in [3.63, 3.8) is 0 Å². The van der Waals surface area contributed by atoms with E-state index >= 15 is 0 Å². The molecule has 0 aliphatic heterocycles. The summed E-state index contributed by atoms with van der Waals surface area (Å²) in [5.74, 6) is -0.169. The zero-order chi connectivity index (χ0) is 13.7. The molecule has 0 saturated heterocycles. The fraction of sp³-hybridized carbons (Fsp3) is 0.846. The fourth-order valence-electron chi connectivity index (χ4n) is 2.45. The van der Waals surface area contributed by atoms with E-state index in [4.69, 9.17) is 5.11 Å². The maximum atomic E-state index is 11.8. The first-order valence-corrected chi connectivity index (χ1v) is 6.63. The zero-order valence-corrected chi connectivity index (χ0v) is 11.5. The van der Waals surface area contributed by atoms with E-state index in [9.17, 15) is 9.59 Å². The Morgan fingerprint density at radius 1 is 1.44 bits per heavy atom. The SMILES string of the molecule is CC(CN(C)C(=O)NCC1CCCC1C)C(=O)O. The van der Waals surface area contributed by atoms with Crippen molar-refractivity contribution in [2.75, 3.05) is 20.1 Å². The summed E-state index contributed by atoms with van der Waals surface area (Å²) in [5, 5.41) is 11.7. The molecule has 1 saturated carbocycles. The predicted octanol–water partition coefficient (Wildman–Crippen LogP) is 1.78. The lowest BCUT2D eigenvalue weighted by molar-refractivity contribution is -0.141. The molecule has 1 aliphatic rings. The Kier molecular flexibility index (Phi) is 5.44. The molecule has 5 heteroatoms. The van der Waals surface area contributed by atoms with Crippen LogP contribution in [0.3, 0.4) is 0 Å². The van der Waals surface area contributed by atoms with Crippen molar-refractivity contribution in [1.29, 1.82) is 0 Å². The number of rotatable bonds is 5. The van der Waals surface area contributed by atoms with Crippen LogP contribution in [-0.4, -0.2) is 42.1 Å². The molecular formula is C13H24N2O3. The molecule has 0 heterocycles. The summed E-state index contributed by atoms with van der Waals surface area (Å²) in [6.45, 7) is 4.76. The molecule has 0 bridgehead atoms. The van der Waals surface area contributed by atoms with Gasteiger partial charge in [0.25, 0.3) is 0 Å². The van der Waals surface area contributed by atoms with Gasteiger partial charge in [-0.15, -0.1) is 0 Å². The molecular weight excluding hydrogens is 232 g/mol. The molecule has 104 valence electrons. The van der Waals surface area contributed by atoms with Crippen LogP contribution in [0.15, 0.2) is 0 Å². The molecule has 0 spiro atoms. The Morgan fingerprint density at radius 3 is 2.61 bits per heavy atom. The van der Waals surface area contributed by atoms with Gasteiger partial charge in [-0.05, 0) is 18.3 Å². The third-order valence-electron chi connectivity index (χ3n) is 3.87. The highest BCUT2D eigenvalue weighted by molar-refractivity contribution is 5.75. The van der Waals surface area contributed by atoms with E-state index in [1.54, 1.807) is 14.0 Å². The van der Waals surface area contributed by atoms with Crippen LogP contribution in [0.2, 0.25) is 0 Å². The van der Waals surface area contributed by atoms with Crippen LogP contribution in [0.1, 0.15) is 33.1 Å². The number of hydrogen-bond acceptors (Lipinski definition) is 2. The normalized spacial score (nSPS) is 24.6. The van der Waals surface area contributed by atoms with Crippen LogP contribution >= 0.6 is 0 Å². The summed E-state index contributed by atoms with van der Waals surface area (Å²) in [6.07, 6.45) is 3.66. The number of aliphatic carboxylic acids is 1. The Hall–Kier alpha value is -1.26. The van der Waals surface area contributed by atoms with E-state index in [1.807, 2.05) is 0 Å². The minimum absolute atomic E-state index is 0.179. The van der Waals surface area contributed by atoms with E-state index < -0.39 is 11.9 Å². The maximum Gasteiger partial charge on any atom is 0.317 e. The Bertz CT molecular complexity index is 307. The lowest BCUT2D eigenvalue weighted by atomic mass is 9.98. The number of hydrogen-bond donors (Lipinski definition) is 2. The molecule has 1 aliphatic carbocycles. The van der Waals surface area contributed by atoms with Gasteiger partial charge in [-0.2, -0.15) is 0 Å². The standard InChI is InChI=1S/C13H24N2O3/c1-9-5-4-6-11(9)7-14-13(18)15(3)8-10(2)12(16)17/h9-11H,4-8H2,1-3H3,(H,14,18)(H,16,17). The summed E-state index contributed by atoms with van der Waals surface area (Å²) >= 11 is 0. The summed E-state index contributed by atoms with van der Waals surface area (Å²) in [6, 6.07) is -0.179. The summed E-state index contributed by atoms with van der Waals surface area (Å²) < 4.78 is 0. The van der Waals surface area contributed by atoms with Gasteiger partial charge in [0, 0.05) is 20.1 Å². The number of carboxylic acid groups (broad SMARTS) is 1. The number of carbonyl (C=O) groups excluding carboxylic acids is 1. The highest BCUT2D eigenvalue weighted by atomic mass is 16.4. The van der Waals surface area contributed by atoms with Crippen molar-refractivity contribution in [2.24, 2.45) is 17.8 Å². The number of urea groups is 1. The number of nitrogens with one attached hydrogen (secondary N) is 1. The summed E-state index contributed by atoms with van der Waals surface area (Å²) in [7, 11) is 1.63. The van der Waals surface area contributed by atoms with Gasteiger partial charge < -0.3 is 15.3 Å². The van der Waals surface area contributed by atoms with Gasteiger partial charge in [0.2, 0.25) is 0 Å². The molecule has 0 aromatic rings. The van der Waals surface area contributed by atoms with E-state index in [0.717, 1.165) is 0 Å². The molecule has 0 aromatic heterocycles. The van der Waals surface area contributed by atoms with Crippen LogP contribution in [0.25, 0.3) is 0 Å². The van der Waals surface area contributed by atoms with Gasteiger partial charge in [-0.25, -0.2) is 4.79 Å². The predicted molar refractivity (Wildman–Crippen MR) is 69.3 cm³/mol.